The van der Waals surface area contributed by atoms with Crippen molar-refractivity contribution in [3.05, 3.63) is 82.2 Å². The molecule has 0 saturated carbocycles. The van der Waals surface area contributed by atoms with Crippen molar-refractivity contribution >= 4 is 5.84 Å². The van der Waals surface area contributed by atoms with Crippen LogP contribution >= 0.6 is 0 Å². The minimum absolute atomic E-state index is 0.0302. The summed E-state index contributed by atoms with van der Waals surface area (Å²) in [7, 11) is 0. The second-order valence-electron chi connectivity index (χ2n) is 8.01. The van der Waals surface area contributed by atoms with E-state index < -0.39 is 11.7 Å². The molecule has 0 spiro atoms. The lowest BCUT2D eigenvalue weighted by Gasteiger charge is -2.26. The van der Waals surface area contributed by atoms with E-state index in [0.717, 1.165) is 12.1 Å². The van der Waals surface area contributed by atoms with Crippen LogP contribution in [0.25, 0.3) is 0 Å². The fourth-order valence-corrected chi connectivity index (χ4v) is 3.71. The Bertz CT molecular complexity index is 1190. The third kappa shape index (κ3) is 5.24. The zero-order valence-corrected chi connectivity index (χ0v) is 18.4. The van der Waals surface area contributed by atoms with Crippen LogP contribution in [0, 0.1) is 20.8 Å². The van der Waals surface area contributed by atoms with E-state index in [1.165, 1.54) is 35.0 Å². The van der Waals surface area contributed by atoms with E-state index in [0.29, 0.717) is 30.1 Å². The van der Waals surface area contributed by atoms with Crippen molar-refractivity contribution < 1.29 is 22.7 Å². The molecule has 0 amide bonds. The van der Waals surface area contributed by atoms with E-state index in [9.17, 15) is 13.2 Å². The number of nitrogens with one attached hydrogen (secondary N) is 1. The Hall–Kier alpha value is -3.62. The lowest BCUT2D eigenvalue weighted by atomic mass is 9.99. The maximum Gasteiger partial charge on any atom is 0.416 e. The number of hydrogen-bond donors (Lipinski definition) is 1. The number of amidine groups is 1. The summed E-state index contributed by atoms with van der Waals surface area (Å²) in [5.41, 5.74) is 3.75. The quantitative estimate of drug-likeness (QED) is 0.578. The molecule has 172 valence electrons. The van der Waals surface area contributed by atoms with Crippen LogP contribution in [-0.2, 0) is 17.4 Å². The Balaban J connectivity index is 1.59. The van der Waals surface area contributed by atoms with Crippen molar-refractivity contribution in [2.24, 2.45) is 5.16 Å². The largest absolute Gasteiger partial charge is 0.455 e. The summed E-state index contributed by atoms with van der Waals surface area (Å²) in [6.07, 6.45) is -2.41. The highest BCUT2D eigenvalue weighted by atomic mass is 19.4. The van der Waals surface area contributed by atoms with Gasteiger partial charge in [0.25, 0.3) is 0 Å². The van der Waals surface area contributed by atoms with Gasteiger partial charge in [-0.2, -0.15) is 23.4 Å². The van der Waals surface area contributed by atoms with Crippen molar-refractivity contribution in [3.63, 3.8) is 0 Å². The smallest absolute Gasteiger partial charge is 0.416 e. The number of alkyl halides is 3. The van der Waals surface area contributed by atoms with Gasteiger partial charge in [0.15, 0.2) is 11.6 Å². The highest BCUT2D eigenvalue weighted by molar-refractivity contribution is 6.02. The van der Waals surface area contributed by atoms with E-state index in [-0.39, 0.29) is 17.5 Å². The lowest BCUT2D eigenvalue weighted by Crippen LogP contribution is -2.44. The summed E-state index contributed by atoms with van der Waals surface area (Å²) in [5, 5.41) is 15.4. The molecular formula is C24H23F3N4O2. The van der Waals surface area contributed by atoms with Crippen LogP contribution in [-0.4, -0.2) is 28.7 Å². The monoisotopic (exact) mass is 456 g/mol. The van der Waals surface area contributed by atoms with E-state index >= 15 is 0 Å². The van der Waals surface area contributed by atoms with Gasteiger partial charge in [0.1, 0.15) is 12.4 Å². The Morgan fingerprint density at radius 2 is 1.94 bits per heavy atom. The van der Waals surface area contributed by atoms with Gasteiger partial charge in [-0.15, -0.1) is 0 Å². The second-order valence-corrected chi connectivity index (χ2v) is 8.01. The number of aryl methyl sites for hydroxylation is 3. The average Bonchev–Trinajstić information content (AvgIpc) is 2.76. The molecule has 0 bridgehead atoms. The number of halogens is 3. The van der Waals surface area contributed by atoms with E-state index in [1.54, 1.807) is 6.92 Å². The predicted molar refractivity (Wildman–Crippen MR) is 117 cm³/mol. The number of ether oxygens (including phenoxy) is 1. The Labute approximate surface area is 189 Å². The van der Waals surface area contributed by atoms with E-state index in [1.807, 2.05) is 0 Å². The van der Waals surface area contributed by atoms with Crippen LogP contribution in [0.1, 0.15) is 33.5 Å². The van der Waals surface area contributed by atoms with Crippen molar-refractivity contribution in [1.82, 2.24) is 15.5 Å². The summed E-state index contributed by atoms with van der Waals surface area (Å²) in [6, 6.07) is 10.9. The minimum Gasteiger partial charge on any atom is -0.455 e. The molecule has 1 aliphatic rings. The number of hydrogen-bond acceptors (Lipinski definition) is 6. The van der Waals surface area contributed by atoms with Gasteiger partial charge in [0.05, 0.1) is 29.1 Å². The fraction of sp³-hybridized carbons (Fsp3) is 0.292. The van der Waals surface area contributed by atoms with Gasteiger partial charge in [0, 0.05) is 0 Å². The van der Waals surface area contributed by atoms with Crippen LogP contribution in [0.3, 0.4) is 0 Å². The molecule has 1 aliphatic heterocycles. The van der Waals surface area contributed by atoms with Gasteiger partial charge in [-0.3, -0.25) is 0 Å². The molecule has 9 heteroatoms. The maximum atomic E-state index is 13.1. The maximum absolute atomic E-state index is 13.1. The van der Waals surface area contributed by atoms with Gasteiger partial charge < -0.3 is 14.9 Å². The van der Waals surface area contributed by atoms with Gasteiger partial charge in [-0.25, -0.2) is 0 Å². The third-order valence-electron chi connectivity index (χ3n) is 5.35. The lowest BCUT2D eigenvalue weighted by molar-refractivity contribution is -0.137. The highest BCUT2D eigenvalue weighted by Gasteiger charge is 2.31. The normalized spacial score (nSPS) is 15.9. The molecule has 0 fully saturated rings. The van der Waals surface area contributed by atoms with Crippen LogP contribution in [0.5, 0.6) is 11.5 Å². The van der Waals surface area contributed by atoms with Crippen molar-refractivity contribution in [2.45, 2.75) is 39.4 Å². The van der Waals surface area contributed by atoms with Crippen molar-refractivity contribution in [3.8, 4) is 11.5 Å². The molecule has 2 heterocycles. The van der Waals surface area contributed by atoms with Gasteiger partial charge in [0.2, 0.25) is 0 Å². The number of oxime groups is 1. The third-order valence-corrected chi connectivity index (χ3v) is 5.35. The highest BCUT2D eigenvalue weighted by Crippen LogP contribution is 2.33. The first-order valence-electron chi connectivity index (χ1n) is 10.4. The minimum atomic E-state index is -4.47. The topological polar surface area (TPSA) is 68.6 Å². The molecule has 0 saturated heterocycles. The van der Waals surface area contributed by atoms with E-state index in [4.69, 9.17) is 9.57 Å². The van der Waals surface area contributed by atoms with Crippen molar-refractivity contribution in [1.29, 1.82) is 0 Å². The molecule has 0 unspecified atom stereocenters. The molecule has 1 aromatic heterocycles. The van der Waals surface area contributed by atoms with Crippen molar-refractivity contribution in [2.75, 3.05) is 6.61 Å². The van der Waals surface area contributed by atoms with Gasteiger partial charge in [-0.05, 0) is 56.5 Å². The molecule has 4 rings (SSSR count). The Kier molecular flexibility index (Phi) is 6.22. The Morgan fingerprint density at radius 1 is 1.12 bits per heavy atom. The van der Waals surface area contributed by atoms with Gasteiger partial charge in [-0.1, -0.05) is 35.0 Å². The summed E-state index contributed by atoms with van der Waals surface area (Å²) in [4.78, 5) is 5.48. The summed E-state index contributed by atoms with van der Waals surface area (Å²) >= 11 is 0. The van der Waals surface area contributed by atoms with Crippen LogP contribution in [0.15, 0.2) is 53.8 Å². The molecular weight excluding hydrogens is 433 g/mol. The molecule has 1 atom stereocenters. The Morgan fingerprint density at radius 3 is 2.70 bits per heavy atom. The first-order valence-corrected chi connectivity index (χ1v) is 10.4. The van der Waals surface area contributed by atoms with Crippen LogP contribution < -0.4 is 10.1 Å². The summed E-state index contributed by atoms with van der Waals surface area (Å²) in [6.45, 7) is 6.21. The number of rotatable bonds is 5. The summed E-state index contributed by atoms with van der Waals surface area (Å²) < 4.78 is 45.1. The zero-order chi connectivity index (χ0) is 23.6. The van der Waals surface area contributed by atoms with Crippen LogP contribution in [0.2, 0.25) is 0 Å². The molecule has 6 nitrogen and oxygen atoms in total. The van der Waals surface area contributed by atoms with E-state index in [2.05, 4.69) is 52.7 Å². The molecule has 2 aromatic carbocycles. The first-order chi connectivity index (χ1) is 15.7. The standard InChI is InChI=1S/C24H23F3N4O2/c1-14-7-8-17(15(2)9-14)10-19-13-32-31-23(29-19)22-16(3)30-28-12-21(22)33-20-6-4-5-18(11-20)24(25,26)27/h4-9,11-12,19H,10,13H2,1-3H3,(H,29,31)/t19-/m1/s1. The average molecular weight is 456 g/mol. The SMILES string of the molecule is Cc1ccc(C[C@@H]2CON=C(c3c(Oc4cccc(C(F)(F)F)c4)cnnc3C)N2)c(C)c1. The second kappa shape index (κ2) is 9.09. The predicted octanol–water partition coefficient (Wildman–Crippen LogP) is 5.11. The number of nitrogens with zero attached hydrogens (tertiary/aromatic N) is 3. The molecule has 1 N–H and O–H groups in total. The molecule has 33 heavy (non-hydrogen) atoms. The molecule has 3 aromatic rings. The molecule has 0 radical (unpaired) electrons. The zero-order valence-electron chi connectivity index (χ0n) is 18.4. The number of benzene rings is 2. The van der Waals surface area contributed by atoms with Gasteiger partial charge >= 0.3 is 6.18 Å². The summed E-state index contributed by atoms with van der Waals surface area (Å²) in [5.74, 6) is 0.650. The number of aromatic nitrogens is 2. The fourth-order valence-electron chi connectivity index (χ4n) is 3.71. The first kappa shape index (κ1) is 22.6. The molecule has 0 aliphatic carbocycles. The van der Waals surface area contributed by atoms with Crippen LogP contribution in [0.4, 0.5) is 13.2 Å².